The van der Waals surface area contributed by atoms with Gasteiger partial charge in [0.05, 0.1) is 20.4 Å². The van der Waals surface area contributed by atoms with E-state index < -0.39 is 5.97 Å². The lowest BCUT2D eigenvalue weighted by molar-refractivity contribution is 0.0726. The first-order chi connectivity index (χ1) is 18.6. The fourth-order valence-electron chi connectivity index (χ4n) is 3.49. The van der Waals surface area contributed by atoms with Gasteiger partial charge < -0.3 is 18.9 Å². The Morgan fingerprint density at radius 2 is 1.50 bits per heavy atom. The van der Waals surface area contributed by atoms with E-state index in [2.05, 4.69) is 10.5 Å². The molecule has 0 aliphatic heterocycles. The number of para-hydroxylation sites is 1. The van der Waals surface area contributed by atoms with Crippen LogP contribution >= 0.6 is 0 Å². The molecule has 0 spiro atoms. The molecule has 8 nitrogen and oxygen atoms in total. The van der Waals surface area contributed by atoms with Crippen molar-refractivity contribution in [2.75, 3.05) is 14.2 Å². The van der Waals surface area contributed by atoms with Gasteiger partial charge in [-0.05, 0) is 65.7 Å². The second kappa shape index (κ2) is 12.7. The highest BCUT2D eigenvalue weighted by Gasteiger charge is 2.16. The second-order valence-electron chi connectivity index (χ2n) is 8.00. The third-order valence-electron chi connectivity index (χ3n) is 5.46. The van der Waals surface area contributed by atoms with Crippen molar-refractivity contribution in [3.63, 3.8) is 0 Å². The summed E-state index contributed by atoms with van der Waals surface area (Å²) in [4.78, 5) is 25.1. The molecule has 4 rings (SSSR count). The summed E-state index contributed by atoms with van der Waals surface area (Å²) in [5, 5.41) is 4.02. The lowest BCUT2D eigenvalue weighted by Crippen LogP contribution is -2.17. The van der Waals surface area contributed by atoms with Crippen molar-refractivity contribution in [3.05, 3.63) is 119 Å². The number of amides is 1. The number of carbonyl (C=O) groups is 2. The van der Waals surface area contributed by atoms with Crippen molar-refractivity contribution in [2.45, 2.75) is 6.61 Å². The predicted molar refractivity (Wildman–Crippen MR) is 143 cm³/mol. The van der Waals surface area contributed by atoms with Gasteiger partial charge in [-0.25, -0.2) is 10.2 Å². The van der Waals surface area contributed by atoms with Gasteiger partial charge in [0.25, 0.3) is 5.91 Å². The number of benzene rings is 4. The van der Waals surface area contributed by atoms with E-state index in [1.54, 1.807) is 66.7 Å². The fraction of sp³-hybridized carbons (Fsp3) is 0.100. The van der Waals surface area contributed by atoms with E-state index in [1.807, 2.05) is 30.3 Å². The third kappa shape index (κ3) is 6.76. The normalized spacial score (nSPS) is 10.6. The summed E-state index contributed by atoms with van der Waals surface area (Å²) < 4.78 is 21.8. The molecule has 0 aliphatic carbocycles. The SMILES string of the molecule is COc1cc(/C=N\NC(=O)c2ccc(OCc3ccccc3)cc2)ccc1OC(=O)c1ccccc1OC. The largest absolute Gasteiger partial charge is 0.496 e. The van der Waals surface area contributed by atoms with E-state index in [4.69, 9.17) is 18.9 Å². The Kier molecular flexibility index (Phi) is 8.70. The summed E-state index contributed by atoms with van der Waals surface area (Å²) in [6.07, 6.45) is 1.46. The monoisotopic (exact) mass is 510 g/mol. The molecular formula is C30H26N2O6. The van der Waals surface area contributed by atoms with Crippen LogP contribution in [0.5, 0.6) is 23.0 Å². The summed E-state index contributed by atoms with van der Waals surface area (Å²) in [6.45, 7) is 0.443. The lowest BCUT2D eigenvalue weighted by atomic mass is 10.2. The molecule has 0 aliphatic rings. The first kappa shape index (κ1) is 26.0. The summed E-state index contributed by atoms with van der Waals surface area (Å²) >= 11 is 0. The van der Waals surface area contributed by atoms with Gasteiger partial charge in [-0.1, -0.05) is 42.5 Å². The maximum atomic E-state index is 12.6. The van der Waals surface area contributed by atoms with Crippen LogP contribution in [0.2, 0.25) is 0 Å². The number of ether oxygens (including phenoxy) is 4. The average molecular weight is 511 g/mol. The molecule has 8 heteroatoms. The van der Waals surface area contributed by atoms with Crippen molar-refractivity contribution in [1.29, 1.82) is 0 Å². The van der Waals surface area contributed by atoms with Crippen molar-refractivity contribution in [2.24, 2.45) is 5.10 Å². The number of nitrogens with one attached hydrogen (secondary N) is 1. The number of rotatable bonds is 10. The van der Waals surface area contributed by atoms with Gasteiger partial charge >= 0.3 is 5.97 Å². The molecule has 0 radical (unpaired) electrons. The Bertz CT molecular complexity index is 1420. The molecule has 38 heavy (non-hydrogen) atoms. The Morgan fingerprint density at radius 1 is 0.789 bits per heavy atom. The Balaban J connectivity index is 1.33. The highest BCUT2D eigenvalue weighted by molar-refractivity contribution is 5.95. The van der Waals surface area contributed by atoms with Gasteiger partial charge in [0.1, 0.15) is 23.7 Å². The maximum absolute atomic E-state index is 12.6. The first-order valence-corrected chi connectivity index (χ1v) is 11.7. The van der Waals surface area contributed by atoms with E-state index in [0.717, 1.165) is 5.56 Å². The van der Waals surface area contributed by atoms with Crippen LogP contribution in [0.4, 0.5) is 0 Å². The predicted octanol–water partition coefficient (Wildman–Crippen LogP) is 5.27. The summed E-state index contributed by atoms with van der Waals surface area (Å²) in [5.74, 6) is 0.683. The molecule has 4 aromatic carbocycles. The molecule has 0 fully saturated rings. The molecule has 0 aromatic heterocycles. The van der Waals surface area contributed by atoms with Gasteiger partial charge in [-0.15, -0.1) is 0 Å². The number of hydrogen-bond acceptors (Lipinski definition) is 7. The van der Waals surface area contributed by atoms with Gasteiger partial charge in [0.15, 0.2) is 11.5 Å². The average Bonchev–Trinajstić information content (AvgIpc) is 2.97. The molecule has 192 valence electrons. The van der Waals surface area contributed by atoms with E-state index in [9.17, 15) is 9.59 Å². The number of hydrogen-bond donors (Lipinski definition) is 1. The van der Waals surface area contributed by atoms with Crippen LogP contribution in [0, 0.1) is 0 Å². The molecule has 0 unspecified atom stereocenters. The van der Waals surface area contributed by atoms with Crippen LogP contribution in [-0.2, 0) is 6.61 Å². The van der Waals surface area contributed by atoms with Crippen LogP contribution < -0.4 is 24.4 Å². The molecule has 0 bridgehead atoms. The lowest BCUT2D eigenvalue weighted by Gasteiger charge is -2.11. The zero-order valence-corrected chi connectivity index (χ0v) is 20.9. The summed E-state index contributed by atoms with van der Waals surface area (Å²) in [7, 11) is 2.95. The third-order valence-corrected chi connectivity index (χ3v) is 5.46. The minimum absolute atomic E-state index is 0.235. The minimum atomic E-state index is -0.578. The number of carbonyl (C=O) groups excluding carboxylic acids is 2. The van der Waals surface area contributed by atoms with Gasteiger partial charge in [-0.2, -0.15) is 5.10 Å². The van der Waals surface area contributed by atoms with Crippen molar-refractivity contribution < 1.29 is 28.5 Å². The van der Waals surface area contributed by atoms with Crippen molar-refractivity contribution >= 4 is 18.1 Å². The first-order valence-electron chi connectivity index (χ1n) is 11.7. The molecule has 0 saturated carbocycles. The Morgan fingerprint density at radius 3 is 2.24 bits per heavy atom. The smallest absolute Gasteiger partial charge is 0.347 e. The standard InChI is InChI=1S/C30H26N2O6/c1-35-26-11-7-6-10-25(26)30(34)38-27-17-12-22(18-28(27)36-2)19-31-32-29(33)23-13-15-24(16-14-23)37-20-21-8-4-3-5-9-21/h3-19H,20H2,1-2H3,(H,32,33)/b31-19-. The topological polar surface area (TPSA) is 95.5 Å². The van der Waals surface area contributed by atoms with Gasteiger partial charge in [0.2, 0.25) is 0 Å². The fourth-order valence-corrected chi connectivity index (χ4v) is 3.49. The Labute approximate surface area is 220 Å². The van der Waals surface area contributed by atoms with Crippen molar-refractivity contribution in [3.8, 4) is 23.0 Å². The Hall–Kier alpha value is -5.11. The van der Waals surface area contributed by atoms with Gasteiger partial charge in [-0.3, -0.25) is 4.79 Å². The summed E-state index contributed by atoms with van der Waals surface area (Å²) in [5.41, 5.74) is 4.91. The molecule has 0 atom stereocenters. The van der Waals surface area contributed by atoms with Crippen LogP contribution in [-0.4, -0.2) is 32.3 Å². The molecule has 0 saturated heterocycles. The maximum Gasteiger partial charge on any atom is 0.347 e. The van der Waals surface area contributed by atoms with Gasteiger partial charge in [0, 0.05) is 5.56 Å². The van der Waals surface area contributed by atoms with Crippen LogP contribution in [0.15, 0.2) is 102 Å². The second-order valence-corrected chi connectivity index (χ2v) is 8.00. The molecule has 1 N–H and O–H groups in total. The summed E-state index contributed by atoms with van der Waals surface area (Å²) in [6, 6.07) is 28.3. The molecule has 1 amide bonds. The zero-order valence-electron chi connectivity index (χ0n) is 20.9. The highest BCUT2D eigenvalue weighted by Crippen LogP contribution is 2.29. The number of methoxy groups -OCH3 is 2. The molecule has 0 heterocycles. The molecule has 4 aromatic rings. The van der Waals surface area contributed by atoms with Crippen LogP contribution in [0.3, 0.4) is 0 Å². The van der Waals surface area contributed by atoms with Crippen LogP contribution in [0.1, 0.15) is 31.8 Å². The minimum Gasteiger partial charge on any atom is -0.496 e. The number of hydrazone groups is 1. The number of esters is 1. The van der Waals surface area contributed by atoms with Crippen LogP contribution in [0.25, 0.3) is 0 Å². The van der Waals surface area contributed by atoms with E-state index in [0.29, 0.717) is 40.5 Å². The van der Waals surface area contributed by atoms with E-state index in [1.165, 1.54) is 20.4 Å². The van der Waals surface area contributed by atoms with E-state index in [-0.39, 0.29) is 11.7 Å². The quantitative estimate of drug-likeness (QED) is 0.135. The van der Waals surface area contributed by atoms with Crippen molar-refractivity contribution in [1.82, 2.24) is 5.43 Å². The highest BCUT2D eigenvalue weighted by atomic mass is 16.6. The van der Waals surface area contributed by atoms with E-state index >= 15 is 0 Å². The molecular weight excluding hydrogens is 484 g/mol. The number of nitrogens with zero attached hydrogens (tertiary/aromatic N) is 1. The zero-order chi connectivity index (χ0) is 26.7.